The van der Waals surface area contributed by atoms with Crippen LogP contribution in [-0.2, 0) is 11.3 Å². The van der Waals surface area contributed by atoms with Crippen LogP contribution in [-0.4, -0.2) is 30.0 Å². The number of aromatic nitrogens is 5. The standard InChI is InChI=1S/C26H21N7O2/c1-17-13-23(35)31(26-24(17)18(2)30-33(26)21-11-7-4-8-12-21)16-22(34)29-25-19(14-27)15-28-32(25)20-9-5-3-6-10-20/h3-13,15H,16H2,1-2H3,(H,29,34). The van der Waals surface area contributed by atoms with Crippen molar-refractivity contribution in [1.82, 2.24) is 24.1 Å². The van der Waals surface area contributed by atoms with Crippen LogP contribution in [0, 0.1) is 25.2 Å². The largest absolute Gasteiger partial charge is 0.308 e. The van der Waals surface area contributed by atoms with E-state index < -0.39 is 5.91 Å². The number of carbonyl (C=O) groups is 1. The molecule has 0 saturated heterocycles. The van der Waals surface area contributed by atoms with Crippen LogP contribution in [0.25, 0.3) is 22.4 Å². The summed E-state index contributed by atoms with van der Waals surface area (Å²) in [6.45, 7) is 3.47. The van der Waals surface area contributed by atoms with Crippen molar-refractivity contribution >= 4 is 22.8 Å². The zero-order valence-electron chi connectivity index (χ0n) is 19.1. The second-order valence-corrected chi connectivity index (χ2v) is 8.10. The van der Waals surface area contributed by atoms with Crippen LogP contribution in [0.4, 0.5) is 5.82 Å². The van der Waals surface area contributed by atoms with Crippen LogP contribution >= 0.6 is 0 Å². The lowest BCUT2D eigenvalue weighted by Crippen LogP contribution is -2.29. The van der Waals surface area contributed by atoms with E-state index in [9.17, 15) is 14.9 Å². The molecule has 0 bridgehead atoms. The number of rotatable bonds is 5. The molecule has 35 heavy (non-hydrogen) atoms. The van der Waals surface area contributed by atoms with Gasteiger partial charge in [0.05, 0.1) is 23.3 Å². The average molecular weight is 464 g/mol. The van der Waals surface area contributed by atoms with Crippen LogP contribution < -0.4 is 10.9 Å². The average Bonchev–Trinajstić information content (AvgIpc) is 3.43. The number of nitriles is 1. The fraction of sp³-hybridized carbons (Fsp3) is 0.115. The summed E-state index contributed by atoms with van der Waals surface area (Å²) in [5.74, 6) is -0.224. The first kappa shape index (κ1) is 21.9. The number of hydrogen-bond acceptors (Lipinski definition) is 5. The Morgan fingerprint density at radius 2 is 1.63 bits per heavy atom. The molecule has 2 aromatic carbocycles. The second kappa shape index (κ2) is 8.76. The summed E-state index contributed by atoms with van der Waals surface area (Å²) in [4.78, 5) is 26.3. The van der Waals surface area contributed by atoms with Crippen molar-refractivity contribution in [1.29, 1.82) is 5.26 Å². The maximum Gasteiger partial charge on any atom is 0.252 e. The first-order valence-corrected chi connectivity index (χ1v) is 11.0. The molecule has 0 atom stereocenters. The molecular weight excluding hydrogens is 442 g/mol. The Balaban J connectivity index is 1.58. The highest BCUT2D eigenvalue weighted by atomic mass is 16.2. The van der Waals surface area contributed by atoms with Crippen molar-refractivity contribution in [2.24, 2.45) is 0 Å². The highest BCUT2D eigenvalue weighted by Gasteiger charge is 2.20. The number of nitrogens with zero attached hydrogens (tertiary/aromatic N) is 6. The van der Waals surface area contributed by atoms with E-state index in [1.54, 1.807) is 4.68 Å². The van der Waals surface area contributed by atoms with Crippen LogP contribution in [0.2, 0.25) is 0 Å². The second-order valence-electron chi connectivity index (χ2n) is 8.10. The lowest BCUT2D eigenvalue weighted by molar-refractivity contribution is -0.116. The number of benzene rings is 2. The van der Waals surface area contributed by atoms with Gasteiger partial charge in [0.15, 0.2) is 5.82 Å². The monoisotopic (exact) mass is 463 g/mol. The maximum atomic E-state index is 13.2. The quantitative estimate of drug-likeness (QED) is 0.429. The molecule has 0 fully saturated rings. The van der Waals surface area contributed by atoms with Crippen LogP contribution in [0.1, 0.15) is 16.8 Å². The number of carbonyl (C=O) groups excluding carboxylic acids is 1. The van der Waals surface area contributed by atoms with Gasteiger partial charge in [-0.1, -0.05) is 36.4 Å². The number of pyridine rings is 1. The van der Waals surface area contributed by atoms with Gasteiger partial charge in [-0.15, -0.1) is 0 Å². The smallest absolute Gasteiger partial charge is 0.252 e. The fourth-order valence-electron chi connectivity index (χ4n) is 4.20. The summed E-state index contributed by atoms with van der Waals surface area (Å²) in [5.41, 5.74) is 3.44. The molecule has 1 N–H and O–H groups in total. The molecule has 1 amide bonds. The Morgan fingerprint density at radius 1 is 1.00 bits per heavy atom. The van der Waals surface area contributed by atoms with E-state index in [0.29, 0.717) is 11.3 Å². The maximum absolute atomic E-state index is 13.2. The van der Waals surface area contributed by atoms with Crippen molar-refractivity contribution in [3.8, 4) is 17.4 Å². The molecule has 172 valence electrons. The van der Waals surface area contributed by atoms with Gasteiger partial charge in [0.25, 0.3) is 5.56 Å². The van der Waals surface area contributed by atoms with Crippen molar-refractivity contribution in [3.63, 3.8) is 0 Å². The van der Waals surface area contributed by atoms with Crippen LogP contribution in [0.3, 0.4) is 0 Å². The summed E-state index contributed by atoms with van der Waals surface area (Å²) < 4.78 is 4.57. The summed E-state index contributed by atoms with van der Waals surface area (Å²) in [6, 6.07) is 22.2. The van der Waals surface area contributed by atoms with Crippen LogP contribution in [0.15, 0.2) is 77.7 Å². The van der Waals surface area contributed by atoms with Crippen molar-refractivity contribution in [3.05, 3.63) is 100 Å². The van der Waals surface area contributed by atoms with Gasteiger partial charge in [-0.05, 0) is 43.7 Å². The molecule has 3 aromatic heterocycles. The van der Waals surface area contributed by atoms with E-state index in [1.807, 2.05) is 74.5 Å². The third-order valence-electron chi connectivity index (χ3n) is 5.74. The normalized spacial score (nSPS) is 10.9. The van der Waals surface area contributed by atoms with Gasteiger partial charge in [-0.2, -0.15) is 15.5 Å². The Labute approximate surface area is 200 Å². The Morgan fingerprint density at radius 3 is 2.26 bits per heavy atom. The van der Waals surface area contributed by atoms with Gasteiger partial charge in [0, 0.05) is 11.5 Å². The number of fused-ring (bicyclic) bond motifs is 1. The van der Waals surface area contributed by atoms with E-state index in [2.05, 4.69) is 21.6 Å². The number of anilines is 1. The highest BCUT2D eigenvalue weighted by molar-refractivity contribution is 5.93. The number of aryl methyl sites for hydroxylation is 2. The molecule has 0 spiro atoms. The van der Waals surface area contributed by atoms with Crippen molar-refractivity contribution in [2.75, 3.05) is 5.32 Å². The van der Waals surface area contributed by atoms with E-state index in [0.717, 1.165) is 22.3 Å². The first-order chi connectivity index (χ1) is 17.0. The Bertz CT molecular complexity index is 1660. The number of para-hydroxylation sites is 2. The minimum absolute atomic E-state index is 0.216. The molecule has 3 heterocycles. The van der Waals surface area contributed by atoms with Gasteiger partial charge in [-0.25, -0.2) is 9.36 Å². The topological polar surface area (TPSA) is 111 Å². The van der Waals surface area contributed by atoms with Gasteiger partial charge in [0.1, 0.15) is 23.8 Å². The molecule has 0 radical (unpaired) electrons. The lowest BCUT2D eigenvalue weighted by atomic mass is 10.1. The summed E-state index contributed by atoms with van der Waals surface area (Å²) in [5, 5.41) is 22.0. The summed E-state index contributed by atoms with van der Waals surface area (Å²) in [7, 11) is 0. The van der Waals surface area contributed by atoms with Gasteiger partial charge in [-0.3, -0.25) is 14.2 Å². The number of nitrogens with one attached hydrogen (secondary N) is 1. The molecule has 5 rings (SSSR count). The predicted molar refractivity (Wildman–Crippen MR) is 132 cm³/mol. The predicted octanol–water partition coefficient (Wildman–Crippen LogP) is 3.50. The Kier molecular flexibility index (Phi) is 5.47. The molecular formula is C26H21N7O2. The third-order valence-corrected chi connectivity index (χ3v) is 5.74. The molecule has 0 aliphatic carbocycles. The number of amides is 1. The molecule has 5 aromatic rings. The summed E-state index contributed by atoms with van der Waals surface area (Å²) in [6.07, 6.45) is 1.40. The minimum atomic E-state index is -0.468. The van der Waals surface area contributed by atoms with Crippen molar-refractivity contribution in [2.45, 2.75) is 20.4 Å². The minimum Gasteiger partial charge on any atom is -0.308 e. The molecule has 0 saturated carbocycles. The van der Waals surface area contributed by atoms with E-state index in [4.69, 9.17) is 0 Å². The number of hydrogen-bond donors (Lipinski definition) is 1. The van der Waals surface area contributed by atoms with Gasteiger partial charge < -0.3 is 5.32 Å². The molecule has 0 aliphatic rings. The molecule has 0 unspecified atom stereocenters. The Hall–Kier alpha value is -4.97. The van der Waals surface area contributed by atoms with Crippen molar-refractivity contribution < 1.29 is 4.79 Å². The highest BCUT2D eigenvalue weighted by Crippen LogP contribution is 2.24. The zero-order chi connectivity index (χ0) is 24.5. The fourth-order valence-corrected chi connectivity index (χ4v) is 4.20. The van der Waals surface area contributed by atoms with Gasteiger partial charge >= 0.3 is 0 Å². The first-order valence-electron chi connectivity index (χ1n) is 11.0. The molecule has 9 heteroatoms. The van der Waals surface area contributed by atoms with E-state index >= 15 is 0 Å². The summed E-state index contributed by atoms with van der Waals surface area (Å²) >= 11 is 0. The third kappa shape index (κ3) is 3.87. The van der Waals surface area contributed by atoms with E-state index in [-0.39, 0.29) is 23.5 Å². The molecule has 9 nitrogen and oxygen atoms in total. The molecule has 0 aliphatic heterocycles. The van der Waals surface area contributed by atoms with Gasteiger partial charge in [0.2, 0.25) is 5.91 Å². The van der Waals surface area contributed by atoms with Crippen LogP contribution in [0.5, 0.6) is 0 Å². The van der Waals surface area contributed by atoms with E-state index in [1.165, 1.54) is 21.5 Å². The lowest BCUT2D eigenvalue weighted by Gasteiger charge is -2.13. The zero-order valence-corrected chi connectivity index (χ0v) is 19.1. The SMILES string of the molecule is Cc1cc(=O)n(CC(=O)Nc2c(C#N)cnn2-c2ccccc2)c2c1c(C)nn2-c1ccccc1.